The molecule has 2 unspecified atom stereocenters. The predicted molar refractivity (Wildman–Crippen MR) is 128 cm³/mol. The molecule has 2 N–H and O–H groups in total. The van der Waals surface area contributed by atoms with Crippen LogP contribution in [0.1, 0.15) is 49.7 Å². The monoisotopic (exact) mass is 434 g/mol. The summed E-state index contributed by atoms with van der Waals surface area (Å²) in [7, 11) is 0. The molecule has 160 valence electrons. The summed E-state index contributed by atoms with van der Waals surface area (Å²) in [4.78, 5) is 25.6. The van der Waals surface area contributed by atoms with Crippen LogP contribution in [0, 0.1) is 0 Å². The first-order valence-corrected chi connectivity index (χ1v) is 10.9. The molecular weight excluding hydrogens is 408 g/mol. The molecule has 0 heterocycles. The Morgan fingerprint density at radius 2 is 1.23 bits per heavy atom. The van der Waals surface area contributed by atoms with Crippen LogP contribution in [0.3, 0.4) is 0 Å². The van der Waals surface area contributed by atoms with Gasteiger partial charge in [0.25, 0.3) is 0 Å². The number of benzene rings is 3. The number of hydrogen-bond donors (Lipinski definition) is 2. The van der Waals surface area contributed by atoms with Crippen LogP contribution in [0.15, 0.2) is 78.9 Å². The van der Waals surface area contributed by atoms with E-state index < -0.39 is 0 Å². The number of anilines is 2. The van der Waals surface area contributed by atoms with Gasteiger partial charge < -0.3 is 10.6 Å². The van der Waals surface area contributed by atoms with Gasteiger partial charge in [-0.1, -0.05) is 86.1 Å². The SMILES string of the molecule is CCC(C(=O)Nc1ccc(NC(=O)C(CC)c2ccccc2)c(Cl)c1)c1ccccc1. The molecule has 0 aromatic heterocycles. The Morgan fingerprint density at radius 3 is 1.68 bits per heavy atom. The largest absolute Gasteiger partial charge is 0.326 e. The average Bonchev–Trinajstić information content (AvgIpc) is 2.78. The fourth-order valence-corrected chi connectivity index (χ4v) is 3.89. The summed E-state index contributed by atoms with van der Waals surface area (Å²) in [5.74, 6) is -0.692. The molecule has 2 amide bonds. The molecule has 0 saturated carbocycles. The Hall–Kier alpha value is -3.11. The summed E-state index contributed by atoms with van der Waals surface area (Å²) in [6.45, 7) is 3.97. The summed E-state index contributed by atoms with van der Waals surface area (Å²) in [5, 5.41) is 6.23. The summed E-state index contributed by atoms with van der Waals surface area (Å²) >= 11 is 6.42. The van der Waals surface area contributed by atoms with Crippen LogP contribution in [-0.2, 0) is 9.59 Å². The van der Waals surface area contributed by atoms with Crippen LogP contribution >= 0.6 is 11.6 Å². The quantitative estimate of drug-likeness (QED) is 0.419. The van der Waals surface area contributed by atoms with Crippen molar-refractivity contribution in [2.45, 2.75) is 38.5 Å². The van der Waals surface area contributed by atoms with Gasteiger partial charge >= 0.3 is 0 Å². The van der Waals surface area contributed by atoms with E-state index in [2.05, 4.69) is 10.6 Å². The molecule has 0 saturated heterocycles. The van der Waals surface area contributed by atoms with Gasteiger partial charge in [-0.05, 0) is 42.2 Å². The first-order chi connectivity index (χ1) is 15.0. The second-order valence-corrected chi connectivity index (χ2v) is 7.82. The van der Waals surface area contributed by atoms with E-state index in [4.69, 9.17) is 11.6 Å². The molecule has 5 heteroatoms. The molecule has 31 heavy (non-hydrogen) atoms. The van der Waals surface area contributed by atoms with Crippen molar-refractivity contribution in [2.24, 2.45) is 0 Å². The molecule has 0 aliphatic carbocycles. The minimum absolute atomic E-state index is 0.0864. The standard InChI is InChI=1S/C26H27ClN2O2/c1-3-21(18-11-7-5-8-12-18)25(30)28-20-15-16-24(23(27)17-20)29-26(31)22(4-2)19-13-9-6-10-14-19/h5-17,21-22H,3-4H2,1-2H3,(H,28,30)(H,29,31). The highest BCUT2D eigenvalue weighted by molar-refractivity contribution is 6.34. The van der Waals surface area contributed by atoms with E-state index in [0.29, 0.717) is 29.2 Å². The van der Waals surface area contributed by atoms with E-state index in [0.717, 1.165) is 11.1 Å². The van der Waals surface area contributed by atoms with Gasteiger partial charge in [0.05, 0.1) is 22.5 Å². The predicted octanol–water partition coefficient (Wildman–Crippen LogP) is 6.60. The molecule has 3 rings (SSSR count). The molecule has 2 atom stereocenters. The fraction of sp³-hybridized carbons (Fsp3) is 0.231. The molecule has 0 aliphatic rings. The lowest BCUT2D eigenvalue weighted by atomic mass is 9.95. The maximum atomic E-state index is 12.8. The van der Waals surface area contributed by atoms with Gasteiger partial charge in [0.1, 0.15) is 0 Å². The molecule has 0 spiro atoms. The number of hydrogen-bond acceptors (Lipinski definition) is 2. The molecule has 0 radical (unpaired) electrons. The smallest absolute Gasteiger partial charge is 0.231 e. The fourth-order valence-electron chi connectivity index (χ4n) is 3.66. The lowest BCUT2D eigenvalue weighted by Crippen LogP contribution is -2.21. The second kappa shape index (κ2) is 10.8. The third-order valence-electron chi connectivity index (χ3n) is 5.35. The summed E-state index contributed by atoms with van der Waals surface area (Å²) < 4.78 is 0. The van der Waals surface area contributed by atoms with E-state index in [-0.39, 0.29) is 23.7 Å². The lowest BCUT2D eigenvalue weighted by molar-refractivity contribution is -0.118. The Morgan fingerprint density at radius 1 is 0.742 bits per heavy atom. The Bertz CT molecular complexity index is 1020. The third kappa shape index (κ3) is 5.74. The van der Waals surface area contributed by atoms with Crippen molar-refractivity contribution in [1.29, 1.82) is 0 Å². The summed E-state index contributed by atoms with van der Waals surface area (Å²) in [6, 6.07) is 24.5. The van der Waals surface area contributed by atoms with Crippen LogP contribution < -0.4 is 10.6 Å². The van der Waals surface area contributed by atoms with Crippen molar-refractivity contribution in [1.82, 2.24) is 0 Å². The number of nitrogens with one attached hydrogen (secondary N) is 2. The number of rotatable bonds is 8. The highest BCUT2D eigenvalue weighted by atomic mass is 35.5. The normalized spacial score (nSPS) is 12.6. The van der Waals surface area contributed by atoms with Gasteiger partial charge in [-0.2, -0.15) is 0 Å². The number of carbonyl (C=O) groups is 2. The van der Waals surface area contributed by atoms with E-state index >= 15 is 0 Å². The zero-order chi connectivity index (χ0) is 22.2. The van der Waals surface area contributed by atoms with Crippen LogP contribution in [0.4, 0.5) is 11.4 Å². The minimum Gasteiger partial charge on any atom is -0.326 e. The van der Waals surface area contributed by atoms with E-state index in [1.165, 1.54) is 0 Å². The first kappa shape index (κ1) is 22.6. The molecule has 0 fully saturated rings. The van der Waals surface area contributed by atoms with Crippen molar-refractivity contribution in [2.75, 3.05) is 10.6 Å². The number of halogens is 1. The van der Waals surface area contributed by atoms with Crippen molar-refractivity contribution in [3.8, 4) is 0 Å². The van der Waals surface area contributed by atoms with Gasteiger partial charge in [0.2, 0.25) is 11.8 Å². The zero-order valence-corrected chi connectivity index (χ0v) is 18.5. The summed E-state index contributed by atoms with van der Waals surface area (Å²) in [6.07, 6.45) is 1.37. The Balaban J connectivity index is 1.69. The van der Waals surface area contributed by atoms with Crippen molar-refractivity contribution in [3.63, 3.8) is 0 Å². The van der Waals surface area contributed by atoms with Crippen LogP contribution in [0.25, 0.3) is 0 Å². The van der Waals surface area contributed by atoms with Gasteiger partial charge in [0.15, 0.2) is 0 Å². The topological polar surface area (TPSA) is 58.2 Å². The molecule has 0 bridgehead atoms. The molecule has 4 nitrogen and oxygen atoms in total. The Labute approximate surface area is 188 Å². The number of amides is 2. The molecule has 3 aromatic carbocycles. The van der Waals surface area contributed by atoms with E-state index in [9.17, 15) is 9.59 Å². The average molecular weight is 435 g/mol. The minimum atomic E-state index is -0.257. The second-order valence-electron chi connectivity index (χ2n) is 7.42. The number of carbonyl (C=O) groups excluding carboxylic acids is 2. The maximum absolute atomic E-state index is 12.8. The molecule has 0 aliphatic heterocycles. The highest BCUT2D eigenvalue weighted by Crippen LogP contribution is 2.29. The highest BCUT2D eigenvalue weighted by Gasteiger charge is 2.21. The van der Waals surface area contributed by atoms with E-state index in [1.54, 1.807) is 18.2 Å². The Kier molecular flexibility index (Phi) is 7.85. The lowest BCUT2D eigenvalue weighted by Gasteiger charge is -2.18. The van der Waals surface area contributed by atoms with Crippen LogP contribution in [0.5, 0.6) is 0 Å². The molecule has 3 aromatic rings. The van der Waals surface area contributed by atoms with Crippen molar-refractivity contribution >= 4 is 34.8 Å². The summed E-state index contributed by atoms with van der Waals surface area (Å²) in [5.41, 5.74) is 3.06. The zero-order valence-electron chi connectivity index (χ0n) is 17.8. The van der Waals surface area contributed by atoms with Gasteiger partial charge in [-0.15, -0.1) is 0 Å². The van der Waals surface area contributed by atoms with Crippen LogP contribution in [0.2, 0.25) is 5.02 Å². The van der Waals surface area contributed by atoms with E-state index in [1.807, 2.05) is 74.5 Å². The van der Waals surface area contributed by atoms with Gasteiger partial charge in [0, 0.05) is 5.69 Å². The van der Waals surface area contributed by atoms with Crippen molar-refractivity contribution < 1.29 is 9.59 Å². The third-order valence-corrected chi connectivity index (χ3v) is 5.66. The van der Waals surface area contributed by atoms with Crippen LogP contribution in [-0.4, -0.2) is 11.8 Å². The maximum Gasteiger partial charge on any atom is 0.231 e. The van der Waals surface area contributed by atoms with Crippen molar-refractivity contribution in [3.05, 3.63) is 95.0 Å². The van der Waals surface area contributed by atoms with Gasteiger partial charge in [-0.3, -0.25) is 9.59 Å². The van der Waals surface area contributed by atoms with Gasteiger partial charge in [-0.25, -0.2) is 0 Å². The first-order valence-electron chi connectivity index (χ1n) is 10.5. The molecular formula is C26H27ClN2O2.